The summed E-state index contributed by atoms with van der Waals surface area (Å²) < 4.78 is 5.16. The number of amides is 1. The standard InChI is InChI=1S/C16H14ClNO3/c1-21-15-7-4-12(10-19)8-14(15)18-16(20)9-11-2-5-13(17)6-3-11/h2-8,10H,9H2,1H3,(H,18,20). The molecule has 5 heteroatoms. The Labute approximate surface area is 127 Å². The van der Waals surface area contributed by atoms with Crippen molar-refractivity contribution in [1.82, 2.24) is 0 Å². The maximum absolute atomic E-state index is 12.0. The third-order valence-electron chi connectivity index (χ3n) is 2.91. The zero-order valence-electron chi connectivity index (χ0n) is 11.4. The Morgan fingerprint density at radius 3 is 2.57 bits per heavy atom. The number of ether oxygens (including phenoxy) is 1. The Kier molecular flexibility index (Phi) is 4.95. The van der Waals surface area contributed by atoms with E-state index in [0.29, 0.717) is 28.3 Å². The highest BCUT2D eigenvalue weighted by Crippen LogP contribution is 2.25. The van der Waals surface area contributed by atoms with Gasteiger partial charge in [-0.3, -0.25) is 9.59 Å². The Bertz CT molecular complexity index is 653. The van der Waals surface area contributed by atoms with Crippen molar-refractivity contribution in [2.75, 3.05) is 12.4 Å². The Balaban J connectivity index is 2.11. The van der Waals surface area contributed by atoms with Crippen molar-refractivity contribution in [3.8, 4) is 5.75 Å². The fraction of sp³-hybridized carbons (Fsp3) is 0.125. The highest BCUT2D eigenvalue weighted by atomic mass is 35.5. The number of methoxy groups -OCH3 is 1. The van der Waals surface area contributed by atoms with E-state index in [0.717, 1.165) is 5.56 Å². The highest BCUT2D eigenvalue weighted by molar-refractivity contribution is 6.30. The van der Waals surface area contributed by atoms with Gasteiger partial charge in [-0.1, -0.05) is 23.7 Å². The number of hydrogen-bond donors (Lipinski definition) is 1. The number of hydrogen-bond acceptors (Lipinski definition) is 3. The van der Waals surface area contributed by atoms with Crippen LogP contribution >= 0.6 is 11.6 Å². The summed E-state index contributed by atoms with van der Waals surface area (Å²) in [6.07, 6.45) is 0.930. The number of rotatable bonds is 5. The van der Waals surface area contributed by atoms with Gasteiger partial charge in [-0.2, -0.15) is 0 Å². The van der Waals surface area contributed by atoms with Crippen molar-refractivity contribution in [3.05, 3.63) is 58.6 Å². The third kappa shape index (κ3) is 4.07. The molecular formula is C16H14ClNO3. The van der Waals surface area contributed by atoms with E-state index in [4.69, 9.17) is 16.3 Å². The SMILES string of the molecule is COc1ccc(C=O)cc1NC(=O)Cc1ccc(Cl)cc1. The molecule has 0 aliphatic heterocycles. The number of nitrogens with one attached hydrogen (secondary N) is 1. The smallest absolute Gasteiger partial charge is 0.228 e. The number of carbonyl (C=O) groups is 2. The van der Waals surface area contributed by atoms with Crippen molar-refractivity contribution in [3.63, 3.8) is 0 Å². The largest absolute Gasteiger partial charge is 0.495 e. The minimum absolute atomic E-state index is 0.196. The fourth-order valence-electron chi connectivity index (χ4n) is 1.88. The third-order valence-corrected chi connectivity index (χ3v) is 3.16. The maximum atomic E-state index is 12.0. The molecule has 1 amide bonds. The van der Waals surface area contributed by atoms with Gasteiger partial charge in [-0.25, -0.2) is 0 Å². The summed E-state index contributed by atoms with van der Waals surface area (Å²) in [4.78, 5) is 22.8. The van der Waals surface area contributed by atoms with E-state index in [1.165, 1.54) is 7.11 Å². The van der Waals surface area contributed by atoms with E-state index in [1.54, 1.807) is 42.5 Å². The zero-order chi connectivity index (χ0) is 15.2. The first-order chi connectivity index (χ1) is 10.1. The molecule has 0 aromatic heterocycles. The van der Waals surface area contributed by atoms with Crippen LogP contribution in [0.4, 0.5) is 5.69 Å². The van der Waals surface area contributed by atoms with Gasteiger partial charge in [0.1, 0.15) is 12.0 Å². The molecule has 0 aliphatic carbocycles. The molecule has 0 heterocycles. The molecule has 0 saturated heterocycles. The van der Waals surface area contributed by atoms with Gasteiger partial charge in [0, 0.05) is 10.6 Å². The number of benzene rings is 2. The molecule has 21 heavy (non-hydrogen) atoms. The van der Waals surface area contributed by atoms with E-state index in [1.807, 2.05) is 0 Å². The zero-order valence-corrected chi connectivity index (χ0v) is 12.2. The van der Waals surface area contributed by atoms with Crippen LogP contribution in [0.25, 0.3) is 0 Å². The van der Waals surface area contributed by atoms with E-state index < -0.39 is 0 Å². The minimum Gasteiger partial charge on any atom is -0.495 e. The van der Waals surface area contributed by atoms with Gasteiger partial charge in [0.15, 0.2) is 0 Å². The van der Waals surface area contributed by atoms with Crippen molar-refractivity contribution in [1.29, 1.82) is 0 Å². The summed E-state index contributed by atoms with van der Waals surface area (Å²) in [6.45, 7) is 0. The van der Waals surface area contributed by atoms with E-state index in [-0.39, 0.29) is 12.3 Å². The molecule has 0 bridgehead atoms. The average molecular weight is 304 g/mol. The molecule has 2 aromatic carbocycles. The van der Waals surface area contributed by atoms with Gasteiger partial charge in [0.2, 0.25) is 5.91 Å². The predicted molar refractivity (Wildman–Crippen MR) is 82.2 cm³/mol. The number of aldehydes is 1. The molecule has 0 saturated carbocycles. The number of anilines is 1. The second-order valence-electron chi connectivity index (χ2n) is 4.43. The molecule has 0 radical (unpaired) electrons. The van der Waals surface area contributed by atoms with Crippen LogP contribution in [0.5, 0.6) is 5.75 Å². The maximum Gasteiger partial charge on any atom is 0.228 e. The quantitative estimate of drug-likeness (QED) is 0.862. The lowest BCUT2D eigenvalue weighted by Crippen LogP contribution is -2.15. The van der Waals surface area contributed by atoms with Crippen LogP contribution in [0.1, 0.15) is 15.9 Å². The number of halogens is 1. The van der Waals surface area contributed by atoms with Crippen LogP contribution in [0, 0.1) is 0 Å². The second-order valence-corrected chi connectivity index (χ2v) is 4.87. The average Bonchev–Trinajstić information content (AvgIpc) is 2.49. The van der Waals surface area contributed by atoms with Crippen molar-refractivity contribution >= 4 is 29.5 Å². The van der Waals surface area contributed by atoms with Gasteiger partial charge in [-0.15, -0.1) is 0 Å². The van der Waals surface area contributed by atoms with Crippen LogP contribution in [-0.4, -0.2) is 19.3 Å². The van der Waals surface area contributed by atoms with Crippen LogP contribution in [0.3, 0.4) is 0 Å². The lowest BCUT2D eigenvalue weighted by Gasteiger charge is -2.10. The molecule has 0 unspecified atom stereocenters. The summed E-state index contributed by atoms with van der Waals surface area (Å²) in [5, 5.41) is 3.37. The molecular weight excluding hydrogens is 290 g/mol. The summed E-state index contributed by atoms with van der Waals surface area (Å²) in [5.41, 5.74) is 1.79. The van der Waals surface area contributed by atoms with Crippen LogP contribution in [0.15, 0.2) is 42.5 Å². The Hall–Kier alpha value is -2.33. The Morgan fingerprint density at radius 2 is 1.95 bits per heavy atom. The first-order valence-electron chi connectivity index (χ1n) is 6.30. The first kappa shape index (κ1) is 15.1. The molecule has 2 aromatic rings. The predicted octanol–water partition coefficient (Wildman–Crippen LogP) is 3.34. The van der Waals surface area contributed by atoms with Gasteiger partial charge >= 0.3 is 0 Å². The van der Waals surface area contributed by atoms with E-state index in [2.05, 4.69) is 5.32 Å². The van der Waals surface area contributed by atoms with Crippen LogP contribution in [-0.2, 0) is 11.2 Å². The summed E-state index contributed by atoms with van der Waals surface area (Å²) in [7, 11) is 1.50. The minimum atomic E-state index is -0.196. The van der Waals surface area contributed by atoms with E-state index >= 15 is 0 Å². The summed E-state index contributed by atoms with van der Waals surface area (Å²) >= 11 is 5.80. The first-order valence-corrected chi connectivity index (χ1v) is 6.67. The van der Waals surface area contributed by atoms with Crippen molar-refractivity contribution < 1.29 is 14.3 Å². The van der Waals surface area contributed by atoms with Gasteiger partial charge in [-0.05, 0) is 35.9 Å². The van der Waals surface area contributed by atoms with Gasteiger partial charge in [0.05, 0.1) is 19.2 Å². The molecule has 1 N–H and O–H groups in total. The lowest BCUT2D eigenvalue weighted by molar-refractivity contribution is -0.115. The molecule has 2 rings (SSSR count). The number of carbonyl (C=O) groups excluding carboxylic acids is 2. The summed E-state index contributed by atoms with van der Waals surface area (Å²) in [6, 6.07) is 11.9. The van der Waals surface area contributed by atoms with Gasteiger partial charge in [0.25, 0.3) is 0 Å². The topological polar surface area (TPSA) is 55.4 Å². The second kappa shape index (κ2) is 6.90. The molecule has 108 valence electrons. The van der Waals surface area contributed by atoms with Crippen LogP contribution in [0.2, 0.25) is 5.02 Å². The normalized spacial score (nSPS) is 10.0. The molecule has 0 spiro atoms. The fourth-order valence-corrected chi connectivity index (χ4v) is 2.00. The molecule has 0 aliphatic rings. The van der Waals surface area contributed by atoms with Gasteiger partial charge < -0.3 is 10.1 Å². The van der Waals surface area contributed by atoms with Crippen molar-refractivity contribution in [2.24, 2.45) is 0 Å². The Morgan fingerprint density at radius 1 is 1.24 bits per heavy atom. The molecule has 0 fully saturated rings. The molecule has 0 atom stereocenters. The van der Waals surface area contributed by atoms with Crippen LogP contribution < -0.4 is 10.1 Å². The van der Waals surface area contributed by atoms with E-state index in [9.17, 15) is 9.59 Å². The summed E-state index contributed by atoms with van der Waals surface area (Å²) in [5.74, 6) is 0.309. The monoisotopic (exact) mass is 303 g/mol. The van der Waals surface area contributed by atoms with Crippen molar-refractivity contribution in [2.45, 2.75) is 6.42 Å². The molecule has 4 nitrogen and oxygen atoms in total. The lowest BCUT2D eigenvalue weighted by atomic mass is 10.1. The highest BCUT2D eigenvalue weighted by Gasteiger charge is 2.09.